The first-order valence-corrected chi connectivity index (χ1v) is 22.2. The fraction of sp³-hybridized carbons (Fsp3) is 0.533. The molecule has 20 heteroatoms. The molecule has 4 aliphatic rings. The van der Waals surface area contributed by atoms with Gasteiger partial charge in [0.1, 0.15) is 24.2 Å². The number of aryl methyl sites for hydroxylation is 1. The average molecular weight is 900 g/mol. The average Bonchev–Trinajstić information content (AvgIpc) is 4.02. The van der Waals surface area contributed by atoms with Gasteiger partial charge in [-0.1, -0.05) is 24.0 Å². The van der Waals surface area contributed by atoms with Crippen molar-refractivity contribution in [3.8, 4) is 11.8 Å². The van der Waals surface area contributed by atoms with Crippen molar-refractivity contribution in [3.63, 3.8) is 0 Å². The van der Waals surface area contributed by atoms with Crippen molar-refractivity contribution >= 4 is 45.8 Å². The van der Waals surface area contributed by atoms with E-state index in [4.69, 9.17) is 19.2 Å². The summed E-state index contributed by atoms with van der Waals surface area (Å²) >= 11 is 0. The van der Waals surface area contributed by atoms with E-state index >= 15 is 4.39 Å². The molecule has 0 bridgehead atoms. The van der Waals surface area contributed by atoms with Crippen LogP contribution in [0.5, 0.6) is 0 Å². The van der Waals surface area contributed by atoms with Crippen LogP contribution in [0, 0.1) is 17.8 Å². The van der Waals surface area contributed by atoms with Crippen molar-refractivity contribution < 1.29 is 41.8 Å². The summed E-state index contributed by atoms with van der Waals surface area (Å²) in [6.45, 7) is 3.82. The molecule has 5 aromatic rings. The molecule has 0 spiro atoms. The maximum atomic E-state index is 15.5. The van der Waals surface area contributed by atoms with Crippen LogP contribution in [-0.2, 0) is 30.8 Å². The van der Waals surface area contributed by atoms with E-state index in [1.807, 2.05) is 23.1 Å². The number of carbonyl (C=O) groups is 3. The van der Waals surface area contributed by atoms with Crippen LogP contribution in [0.2, 0.25) is 0 Å². The SMILES string of the molecule is COC[C@@H]1CN(c2ccn3ncc(C(=O)Nc4cn(C5CCC(CN6CC[C@@H](OCC#Cc7cccc8c([C@H]9CCC(=O)NC9=O)nn(C)c78)[C@@H](F)C6)CC5)nc4C(F)F)c3n2)CCO1. The standard InChI is InChI=1S/C45H52F3N11O6/c1-55-41-28(5-3-7-31(41)39(53-55)32-12-13-38(60)52-44(32)61)6-4-19-65-36-14-16-56(24-34(36)46)22-27-8-10-29(11-9-27)59-25-35(40(54-59)42(47)48)50-45(62)33-21-49-58-17-15-37(51-43(33)58)57-18-20-64-30(23-57)26-63-2/h3,5,7,15,17,21,25,27,29-30,32,34,36,42H,8-14,16,18-20,22-24,26H2,1-2H3,(H,50,62)(H,52,60,61)/t27?,29?,30-,32+,34-,36+/m0/s1. The number of carbonyl (C=O) groups excluding carboxylic acids is 3. The number of nitrogens with one attached hydrogen (secondary N) is 2. The zero-order chi connectivity index (χ0) is 45.2. The van der Waals surface area contributed by atoms with Gasteiger partial charge in [-0.25, -0.2) is 22.7 Å². The van der Waals surface area contributed by atoms with E-state index in [2.05, 4.69) is 42.7 Å². The van der Waals surface area contributed by atoms with Crippen molar-refractivity contribution in [1.29, 1.82) is 0 Å². The van der Waals surface area contributed by atoms with Crippen molar-refractivity contribution in [2.75, 3.05) is 69.9 Å². The molecule has 4 atom stereocenters. The zero-order valence-electron chi connectivity index (χ0n) is 36.3. The summed E-state index contributed by atoms with van der Waals surface area (Å²) < 4.78 is 65.8. The molecule has 3 amide bonds. The fourth-order valence-corrected chi connectivity index (χ4v) is 9.66. The lowest BCUT2D eigenvalue weighted by Crippen LogP contribution is -2.47. The van der Waals surface area contributed by atoms with E-state index in [0.717, 1.165) is 30.3 Å². The predicted octanol–water partition coefficient (Wildman–Crippen LogP) is 4.59. The van der Waals surface area contributed by atoms with Gasteiger partial charge >= 0.3 is 0 Å². The third kappa shape index (κ3) is 9.60. The Morgan fingerprint density at radius 2 is 1.92 bits per heavy atom. The van der Waals surface area contributed by atoms with Crippen LogP contribution in [0.25, 0.3) is 16.6 Å². The first kappa shape index (κ1) is 44.3. The van der Waals surface area contributed by atoms with Crippen molar-refractivity contribution in [2.45, 2.75) is 81.7 Å². The van der Waals surface area contributed by atoms with Crippen LogP contribution >= 0.6 is 0 Å². The Kier molecular flexibility index (Phi) is 13.2. The van der Waals surface area contributed by atoms with Gasteiger partial charge in [0.25, 0.3) is 12.3 Å². The molecular weight excluding hydrogens is 848 g/mol. The van der Waals surface area contributed by atoms with Gasteiger partial charge in [0.2, 0.25) is 11.8 Å². The van der Waals surface area contributed by atoms with Crippen LogP contribution in [-0.4, -0.2) is 135 Å². The number of methoxy groups -OCH3 is 1. The molecule has 4 fully saturated rings. The highest BCUT2D eigenvalue weighted by molar-refractivity contribution is 6.08. The quantitative estimate of drug-likeness (QED) is 0.132. The van der Waals surface area contributed by atoms with Crippen LogP contribution in [0.15, 0.2) is 42.9 Å². The van der Waals surface area contributed by atoms with Gasteiger partial charge in [-0.05, 0) is 56.6 Å². The van der Waals surface area contributed by atoms with Gasteiger partial charge in [-0.3, -0.25) is 34.0 Å². The third-order valence-electron chi connectivity index (χ3n) is 13.0. The first-order chi connectivity index (χ1) is 31.5. The minimum atomic E-state index is -2.91. The number of imide groups is 1. The number of para-hydroxylation sites is 1. The second kappa shape index (κ2) is 19.3. The number of piperidine rings is 2. The Hall–Kier alpha value is -5.88. The number of aromatic nitrogens is 7. The molecule has 1 aromatic carbocycles. The summed E-state index contributed by atoms with van der Waals surface area (Å²) in [5.74, 6) is 5.36. The lowest BCUT2D eigenvalue weighted by Gasteiger charge is -2.38. The molecule has 4 aromatic heterocycles. The van der Waals surface area contributed by atoms with Gasteiger partial charge < -0.3 is 24.4 Å². The van der Waals surface area contributed by atoms with Crippen LogP contribution in [0.4, 0.5) is 24.7 Å². The van der Waals surface area contributed by atoms with Gasteiger partial charge in [-0.2, -0.15) is 15.3 Å². The lowest BCUT2D eigenvalue weighted by molar-refractivity contribution is -0.134. The van der Waals surface area contributed by atoms with E-state index in [1.165, 1.54) is 16.9 Å². The number of hydrogen-bond donors (Lipinski definition) is 2. The van der Waals surface area contributed by atoms with Crippen molar-refractivity contribution in [2.24, 2.45) is 13.0 Å². The molecule has 0 radical (unpaired) electrons. The summed E-state index contributed by atoms with van der Waals surface area (Å²) in [5.41, 5.74) is 1.97. The molecule has 2 N–H and O–H groups in total. The van der Waals surface area contributed by atoms with Crippen LogP contribution in [0.1, 0.15) is 90.6 Å². The molecule has 1 aliphatic carbocycles. The molecule has 65 heavy (non-hydrogen) atoms. The Morgan fingerprint density at radius 1 is 1.08 bits per heavy atom. The molecule has 344 valence electrons. The highest BCUT2D eigenvalue weighted by Crippen LogP contribution is 2.36. The number of hydrogen-bond acceptors (Lipinski definition) is 12. The minimum absolute atomic E-state index is 0.0554. The van der Waals surface area contributed by atoms with Gasteiger partial charge in [0, 0.05) is 71.1 Å². The number of rotatable bonds is 12. The van der Waals surface area contributed by atoms with Gasteiger partial charge in [-0.15, -0.1) is 0 Å². The number of likely N-dealkylation sites (tertiary alicyclic amines) is 1. The van der Waals surface area contributed by atoms with E-state index in [9.17, 15) is 23.2 Å². The Bertz CT molecular complexity index is 2610. The summed E-state index contributed by atoms with van der Waals surface area (Å²) in [6.07, 6.45) is 4.01. The number of halogens is 3. The summed E-state index contributed by atoms with van der Waals surface area (Å²) in [7, 11) is 3.41. The van der Waals surface area contributed by atoms with Crippen LogP contribution in [0.3, 0.4) is 0 Å². The fourth-order valence-electron chi connectivity index (χ4n) is 9.66. The Labute approximate surface area is 372 Å². The van der Waals surface area contributed by atoms with E-state index < -0.39 is 36.2 Å². The number of morpholine rings is 1. The normalized spacial score (nSPS) is 24.4. The number of nitrogens with zero attached hydrogens (tertiary/aromatic N) is 9. The largest absolute Gasteiger partial charge is 0.382 e. The zero-order valence-corrected chi connectivity index (χ0v) is 36.3. The molecule has 3 aliphatic heterocycles. The maximum Gasteiger partial charge on any atom is 0.284 e. The number of ether oxygens (including phenoxy) is 3. The predicted molar refractivity (Wildman–Crippen MR) is 231 cm³/mol. The minimum Gasteiger partial charge on any atom is -0.382 e. The molecular formula is C45H52F3N11O6. The number of anilines is 2. The summed E-state index contributed by atoms with van der Waals surface area (Å²) in [4.78, 5) is 46.7. The van der Waals surface area contributed by atoms with Crippen molar-refractivity contribution in [3.05, 3.63) is 65.4 Å². The van der Waals surface area contributed by atoms with Crippen molar-refractivity contribution in [1.82, 2.24) is 44.4 Å². The molecule has 3 saturated heterocycles. The smallest absolute Gasteiger partial charge is 0.284 e. The maximum absolute atomic E-state index is 15.5. The molecule has 9 rings (SSSR count). The second-order valence-electron chi connectivity index (χ2n) is 17.3. The highest BCUT2D eigenvalue weighted by Gasteiger charge is 2.34. The van der Waals surface area contributed by atoms with Crippen LogP contribution < -0.4 is 15.5 Å². The third-order valence-corrected chi connectivity index (χ3v) is 13.0. The number of alkyl halides is 3. The Balaban J connectivity index is 0.755. The molecule has 1 saturated carbocycles. The number of fused-ring (bicyclic) bond motifs is 2. The van der Waals surface area contributed by atoms with E-state index in [0.29, 0.717) is 87.2 Å². The van der Waals surface area contributed by atoms with E-state index in [-0.39, 0.29) is 54.8 Å². The van der Waals surface area contributed by atoms with E-state index in [1.54, 1.807) is 35.8 Å². The Morgan fingerprint density at radius 3 is 2.71 bits per heavy atom. The second-order valence-corrected chi connectivity index (χ2v) is 17.3. The molecule has 0 unspecified atom stereocenters. The summed E-state index contributed by atoms with van der Waals surface area (Å²) in [5, 5.41) is 19.0. The monoisotopic (exact) mass is 899 g/mol. The number of amides is 3. The first-order valence-electron chi connectivity index (χ1n) is 22.2. The van der Waals surface area contributed by atoms with Gasteiger partial charge in [0.05, 0.1) is 66.0 Å². The number of benzene rings is 1. The van der Waals surface area contributed by atoms with Gasteiger partial charge in [0.15, 0.2) is 11.3 Å². The summed E-state index contributed by atoms with van der Waals surface area (Å²) in [6, 6.07) is 7.29. The molecule has 17 nitrogen and oxygen atoms in total. The topological polar surface area (TPSA) is 175 Å². The lowest BCUT2D eigenvalue weighted by atomic mass is 9.85. The molecule has 7 heterocycles. The highest BCUT2D eigenvalue weighted by atomic mass is 19.3.